The maximum absolute atomic E-state index is 15.2. The molecular formula is C66H35F9N6. The lowest BCUT2D eigenvalue weighted by Gasteiger charge is -2.16. The molecule has 0 radical (unpaired) electrons. The fourth-order valence-corrected chi connectivity index (χ4v) is 11.8. The Morgan fingerprint density at radius 1 is 0.321 bits per heavy atom. The lowest BCUT2D eigenvalue weighted by molar-refractivity contribution is -0.143. The number of nitrogens with one attached hydrogen (secondary N) is 2. The van der Waals surface area contributed by atoms with Gasteiger partial charge < -0.3 is 9.97 Å². The van der Waals surface area contributed by atoms with E-state index < -0.39 is 40.8 Å². The van der Waals surface area contributed by atoms with E-state index >= 15 is 39.5 Å². The number of hydrogen-bond acceptors (Lipinski definition) is 4. The Hall–Kier alpha value is -9.89. The van der Waals surface area contributed by atoms with Crippen molar-refractivity contribution in [2.45, 2.75) is 25.5 Å². The van der Waals surface area contributed by atoms with Crippen molar-refractivity contribution in [1.29, 1.82) is 0 Å². The number of aromatic amines is 2. The number of fused-ring (bicyclic) bond motifs is 24. The van der Waals surface area contributed by atoms with Gasteiger partial charge in [-0.25, -0.2) is 19.9 Å². The summed E-state index contributed by atoms with van der Waals surface area (Å²) < 4.78 is 137. The highest BCUT2D eigenvalue weighted by atomic mass is 19.4. The van der Waals surface area contributed by atoms with E-state index in [1.807, 2.05) is 115 Å². The molecule has 0 saturated heterocycles. The first-order chi connectivity index (χ1) is 38.9. The van der Waals surface area contributed by atoms with Gasteiger partial charge in [0.15, 0.2) is 11.6 Å². The van der Waals surface area contributed by atoms with E-state index in [-0.39, 0.29) is 79.2 Å². The molecule has 6 nitrogen and oxygen atoms in total. The van der Waals surface area contributed by atoms with E-state index in [1.165, 1.54) is 0 Å². The fourth-order valence-electron chi connectivity index (χ4n) is 11.8. The second-order valence-corrected chi connectivity index (χ2v) is 20.6. The molecule has 0 atom stereocenters. The van der Waals surface area contributed by atoms with Crippen molar-refractivity contribution >= 4 is 87.0 Å². The minimum absolute atomic E-state index is 0.0637. The van der Waals surface area contributed by atoms with Crippen LogP contribution in [0.3, 0.4) is 0 Å². The highest BCUT2D eigenvalue weighted by molar-refractivity contribution is 6.20. The number of rotatable bonds is 2. The van der Waals surface area contributed by atoms with Crippen LogP contribution in [0.1, 0.15) is 22.3 Å². The maximum atomic E-state index is 15.2. The summed E-state index contributed by atoms with van der Waals surface area (Å²) in [5, 5.41) is 7.96. The molecular weight excluding hydrogens is 1050 g/mol. The summed E-state index contributed by atoms with van der Waals surface area (Å²) in [7, 11) is 0. The Morgan fingerprint density at radius 2 is 0.642 bits per heavy atom. The minimum Gasteiger partial charge on any atom is -0.339 e. The monoisotopic (exact) mass is 1080 g/mol. The summed E-state index contributed by atoms with van der Waals surface area (Å²) in [5.41, 5.74) is -1.70. The van der Waals surface area contributed by atoms with Gasteiger partial charge in [-0.1, -0.05) is 103 Å². The highest BCUT2D eigenvalue weighted by Crippen LogP contribution is 2.52. The normalized spacial score (nSPS) is 12.8. The Bertz CT molecular complexity index is 5080. The van der Waals surface area contributed by atoms with Gasteiger partial charge in [0.2, 0.25) is 0 Å². The Labute approximate surface area is 451 Å². The zero-order valence-electron chi connectivity index (χ0n) is 42.0. The predicted molar refractivity (Wildman–Crippen MR) is 301 cm³/mol. The van der Waals surface area contributed by atoms with Crippen LogP contribution in [0.4, 0.5) is 39.5 Å². The van der Waals surface area contributed by atoms with Gasteiger partial charge >= 0.3 is 18.5 Å². The van der Waals surface area contributed by atoms with Crippen LogP contribution < -0.4 is 0 Å². The Morgan fingerprint density at radius 3 is 1.01 bits per heavy atom. The molecule has 0 unspecified atom stereocenters. The lowest BCUT2D eigenvalue weighted by Crippen LogP contribution is -2.11. The number of hydrogen-bond donors (Lipinski definition) is 2. The van der Waals surface area contributed by atoms with Gasteiger partial charge in [0.25, 0.3) is 0 Å². The summed E-state index contributed by atoms with van der Waals surface area (Å²) >= 11 is 0. The van der Waals surface area contributed by atoms with Gasteiger partial charge in [-0.15, -0.1) is 0 Å². The van der Waals surface area contributed by atoms with E-state index in [0.29, 0.717) is 66.5 Å². The number of aromatic nitrogens is 6. The van der Waals surface area contributed by atoms with Gasteiger partial charge in [-0.05, 0) is 146 Å². The van der Waals surface area contributed by atoms with Crippen LogP contribution in [0, 0.1) is 6.92 Å². The number of alkyl halides is 9. The third-order valence-electron chi connectivity index (χ3n) is 15.5. The maximum Gasteiger partial charge on any atom is 0.416 e. The molecule has 8 bridgehead atoms. The number of benzene rings is 10. The number of halogens is 9. The van der Waals surface area contributed by atoms with Crippen molar-refractivity contribution in [2.24, 2.45) is 0 Å². The van der Waals surface area contributed by atoms with Crippen LogP contribution in [-0.2, 0) is 18.5 Å². The van der Waals surface area contributed by atoms with E-state index in [9.17, 15) is 0 Å². The molecule has 0 fully saturated rings. The molecule has 81 heavy (non-hydrogen) atoms. The van der Waals surface area contributed by atoms with E-state index in [4.69, 9.17) is 19.9 Å². The molecule has 0 saturated carbocycles. The predicted octanol–water partition coefficient (Wildman–Crippen LogP) is 19.4. The average molecular weight is 1080 g/mol. The van der Waals surface area contributed by atoms with E-state index in [1.54, 1.807) is 43.3 Å². The molecule has 0 amide bonds. The van der Waals surface area contributed by atoms with Crippen LogP contribution in [0.2, 0.25) is 0 Å². The average Bonchev–Trinajstić information content (AvgIpc) is 3.31. The molecule has 2 N–H and O–H groups in total. The van der Waals surface area contributed by atoms with Gasteiger partial charge in [0, 0.05) is 54.9 Å². The van der Waals surface area contributed by atoms with Gasteiger partial charge in [0.05, 0.1) is 39.1 Å². The smallest absolute Gasteiger partial charge is 0.339 e. The summed E-state index contributed by atoms with van der Waals surface area (Å²) in [6.07, 6.45) is -15.4. The third-order valence-corrected chi connectivity index (χ3v) is 15.5. The number of aryl methyl sites for hydroxylation is 1. The molecule has 392 valence electrons. The molecule has 0 aliphatic carbocycles. The van der Waals surface area contributed by atoms with Crippen LogP contribution >= 0.6 is 0 Å². The quantitative estimate of drug-likeness (QED) is 0.169. The van der Waals surface area contributed by atoms with Crippen LogP contribution in [0.5, 0.6) is 0 Å². The van der Waals surface area contributed by atoms with Crippen molar-refractivity contribution in [3.63, 3.8) is 0 Å². The minimum atomic E-state index is -5.26. The zero-order valence-corrected chi connectivity index (χ0v) is 42.0. The van der Waals surface area contributed by atoms with Crippen molar-refractivity contribution in [3.05, 3.63) is 204 Å². The van der Waals surface area contributed by atoms with Gasteiger partial charge in [-0.2, -0.15) is 39.5 Å². The first-order valence-corrected chi connectivity index (χ1v) is 25.6. The largest absolute Gasteiger partial charge is 0.416 e. The molecule has 15 rings (SSSR count). The number of H-pyrrole nitrogens is 2. The standard InChI is InChI=1S/C66H35F9N6/c1-32-18-41(20-43(19-32)64(67,68)69)54-56-46-23-33-10-2-3-11-34(33)24-47(46)57(76-56)55(42-21-44(65(70,71)72)31-45(22-42)66(73,74)75)59-49-26-36-13-5-7-15-38(36)28-51(49)61(78-59)80-63-53-30-40-17-9-8-16-39(40)29-52(53)62(81-63)79-60-50-27-37-14-6-4-12-35(37)25-48(50)58(54)77-60/h2-31H,1H3,(H2,77,78,79,80,81). The topological polar surface area (TPSA) is 83.1 Å². The molecule has 3 aromatic heterocycles. The lowest BCUT2D eigenvalue weighted by atomic mass is 9.90. The fraction of sp³-hybridized carbons (Fsp3) is 0.0606. The molecule has 2 aliphatic rings. The molecule has 2 aliphatic heterocycles. The second-order valence-electron chi connectivity index (χ2n) is 20.6. The molecule has 15 heteroatoms. The molecule has 13 aromatic rings. The summed E-state index contributed by atoms with van der Waals surface area (Å²) in [4.78, 5) is 28.1. The van der Waals surface area contributed by atoms with E-state index in [0.717, 1.165) is 39.1 Å². The van der Waals surface area contributed by atoms with Crippen molar-refractivity contribution in [3.8, 4) is 67.5 Å². The molecule has 0 spiro atoms. The summed E-state index contributed by atoms with van der Waals surface area (Å²) in [6, 6.07) is 49.9. The highest BCUT2D eigenvalue weighted by Gasteiger charge is 2.39. The number of nitrogens with zero attached hydrogens (tertiary/aromatic N) is 4. The van der Waals surface area contributed by atoms with E-state index in [2.05, 4.69) is 9.97 Å². The van der Waals surface area contributed by atoms with Crippen molar-refractivity contribution < 1.29 is 39.5 Å². The summed E-state index contributed by atoms with van der Waals surface area (Å²) in [6.45, 7) is 1.54. The third kappa shape index (κ3) is 7.81. The summed E-state index contributed by atoms with van der Waals surface area (Å²) in [5.74, 6) is 0.437. The molecule has 10 aromatic carbocycles. The van der Waals surface area contributed by atoms with Gasteiger partial charge in [0.1, 0.15) is 11.3 Å². The van der Waals surface area contributed by atoms with Crippen molar-refractivity contribution in [1.82, 2.24) is 29.9 Å². The first kappa shape index (κ1) is 48.3. The van der Waals surface area contributed by atoms with Crippen LogP contribution in [-0.4, -0.2) is 29.9 Å². The van der Waals surface area contributed by atoms with Crippen LogP contribution in [0.15, 0.2) is 182 Å². The Balaban J connectivity index is 1.26. The second kappa shape index (κ2) is 17.1. The first-order valence-electron chi connectivity index (χ1n) is 25.6. The Kier molecular flexibility index (Phi) is 10.2. The SMILES string of the molecule is Cc1cc(-c2c3nc(c(-c4cc(C(F)(F)F)cc(C(F)(F)F)c4)c4[nH]c(nc5nc(nc6[nH]c2c2cc7ccccc7cc62)-c2cc6ccccc6cc2-5)c2cc5ccccc5cc42)-c2cc4ccccc4cc2-3)cc(C(F)(F)F)c1. The van der Waals surface area contributed by atoms with Crippen molar-refractivity contribution in [2.75, 3.05) is 0 Å². The molecule has 5 heterocycles. The zero-order chi connectivity index (χ0) is 55.4. The van der Waals surface area contributed by atoms with Gasteiger partial charge in [-0.3, -0.25) is 0 Å². The van der Waals surface area contributed by atoms with Crippen LogP contribution in [0.25, 0.3) is 155 Å².